The van der Waals surface area contributed by atoms with Gasteiger partial charge in [0.2, 0.25) is 0 Å². The lowest BCUT2D eigenvalue weighted by atomic mass is 9.90. The summed E-state index contributed by atoms with van der Waals surface area (Å²) in [6, 6.07) is 18.5. The molecule has 0 bridgehead atoms. The zero-order valence-corrected chi connectivity index (χ0v) is 11.7. The average Bonchev–Trinajstić information content (AvgIpc) is 2.98. The minimum atomic E-state index is -0.446. The molecule has 2 unspecified atom stereocenters. The number of aryl methyl sites for hydroxylation is 1. The van der Waals surface area contributed by atoms with Crippen LogP contribution in [0.2, 0.25) is 0 Å². The Balaban J connectivity index is 1.72. The van der Waals surface area contributed by atoms with Crippen LogP contribution >= 0.6 is 0 Å². The molecule has 1 aliphatic carbocycles. The van der Waals surface area contributed by atoms with Gasteiger partial charge in [0.25, 0.3) is 0 Å². The summed E-state index contributed by atoms with van der Waals surface area (Å²) >= 11 is 0. The van der Waals surface area contributed by atoms with E-state index in [0.717, 1.165) is 29.3 Å². The summed E-state index contributed by atoms with van der Waals surface area (Å²) in [6.07, 6.45) is 3.43. The molecule has 2 heteroatoms. The van der Waals surface area contributed by atoms with Crippen LogP contribution in [0.4, 0.5) is 0 Å². The lowest BCUT2D eigenvalue weighted by molar-refractivity contribution is 0.145. The number of aromatic nitrogens is 1. The van der Waals surface area contributed by atoms with E-state index in [-0.39, 0.29) is 5.92 Å². The van der Waals surface area contributed by atoms with E-state index < -0.39 is 6.10 Å². The summed E-state index contributed by atoms with van der Waals surface area (Å²) in [5, 5.41) is 11.9. The topological polar surface area (TPSA) is 33.1 Å². The van der Waals surface area contributed by atoms with Crippen molar-refractivity contribution in [1.29, 1.82) is 0 Å². The molecule has 0 radical (unpaired) electrons. The monoisotopic (exact) mass is 275 g/mol. The molecule has 0 amide bonds. The van der Waals surface area contributed by atoms with Crippen LogP contribution in [0.5, 0.6) is 0 Å². The van der Waals surface area contributed by atoms with Crippen molar-refractivity contribution in [2.75, 3.05) is 0 Å². The first kappa shape index (κ1) is 12.5. The highest BCUT2D eigenvalue weighted by Gasteiger charge is 2.29. The molecule has 3 aromatic rings. The molecule has 4 rings (SSSR count). The number of aliphatic hydroxyl groups is 1. The zero-order chi connectivity index (χ0) is 14.2. The molecular weight excluding hydrogens is 258 g/mol. The Morgan fingerprint density at radius 1 is 1.05 bits per heavy atom. The van der Waals surface area contributed by atoms with Gasteiger partial charge in [0.1, 0.15) is 0 Å². The van der Waals surface area contributed by atoms with Gasteiger partial charge in [0, 0.05) is 17.5 Å². The highest BCUT2D eigenvalue weighted by atomic mass is 16.3. The molecule has 21 heavy (non-hydrogen) atoms. The van der Waals surface area contributed by atoms with Crippen molar-refractivity contribution in [3.63, 3.8) is 0 Å². The Kier molecular flexibility index (Phi) is 2.97. The predicted octanol–water partition coefficient (Wildman–Crippen LogP) is 4.00. The first-order chi connectivity index (χ1) is 10.3. The van der Waals surface area contributed by atoms with Gasteiger partial charge in [-0.1, -0.05) is 36.4 Å². The highest BCUT2D eigenvalue weighted by molar-refractivity contribution is 5.79. The Bertz CT molecular complexity index is 796. The van der Waals surface area contributed by atoms with Crippen LogP contribution in [0.1, 0.15) is 35.1 Å². The number of aliphatic hydroxyl groups excluding tert-OH is 1. The summed E-state index contributed by atoms with van der Waals surface area (Å²) < 4.78 is 0. The van der Waals surface area contributed by atoms with Crippen LogP contribution in [0, 0.1) is 0 Å². The summed E-state index contributed by atoms with van der Waals surface area (Å²) in [7, 11) is 0. The third kappa shape index (κ3) is 2.12. The molecule has 104 valence electrons. The molecule has 0 aliphatic heterocycles. The summed E-state index contributed by atoms with van der Waals surface area (Å²) in [5.41, 5.74) is 4.64. The van der Waals surface area contributed by atoms with Crippen LogP contribution < -0.4 is 0 Å². The maximum atomic E-state index is 10.8. The molecule has 2 aromatic carbocycles. The van der Waals surface area contributed by atoms with Gasteiger partial charge in [-0.15, -0.1) is 0 Å². The quantitative estimate of drug-likeness (QED) is 0.767. The third-order valence-electron chi connectivity index (χ3n) is 4.53. The van der Waals surface area contributed by atoms with Crippen molar-refractivity contribution in [3.05, 3.63) is 77.5 Å². The zero-order valence-electron chi connectivity index (χ0n) is 11.7. The Morgan fingerprint density at radius 2 is 1.95 bits per heavy atom. The maximum absolute atomic E-state index is 10.8. The normalized spacial score (nSPS) is 18.6. The van der Waals surface area contributed by atoms with Crippen molar-refractivity contribution in [3.8, 4) is 0 Å². The predicted molar refractivity (Wildman–Crippen MR) is 84.2 cm³/mol. The fourth-order valence-electron chi connectivity index (χ4n) is 3.43. The van der Waals surface area contributed by atoms with Crippen molar-refractivity contribution in [1.82, 2.24) is 4.98 Å². The van der Waals surface area contributed by atoms with Crippen LogP contribution in [-0.4, -0.2) is 10.1 Å². The van der Waals surface area contributed by atoms with E-state index in [4.69, 9.17) is 0 Å². The SMILES string of the molecule is OC(c1ccc2ncccc2c1)C1CCc2ccccc21. The minimum absolute atomic E-state index is 0.204. The standard InChI is InChI=1S/C19H17NO/c21-19(17-9-7-13-4-1-2-6-16(13)17)15-8-10-18-14(12-15)5-3-11-20-18/h1-6,8,10-12,17,19,21H,7,9H2. The number of pyridine rings is 1. The van der Waals surface area contributed by atoms with Crippen LogP contribution in [0.3, 0.4) is 0 Å². The van der Waals surface area contributed by atoms with Gasteiger partial charge >= 0.3 is 0 Å². The van der Waals surface area contributed by atoms with E-state index in [1.165, 1.54) is 11.1 Å². The summed E-state index contributed by atoms with van der Waals surface area (Å²) in [6.45, 7) is 0. The first-order valence-corrected chi connectivity index (χ1v) is 7.43. The number of nitrogens with zero attached hydrogens (tertiary/aromatic N) is 1. The van der Waals surface area contributed by atoms with Gasteiger partial charge in [0.15, 0.2) is 0 Å². The molecule has 2 atom stereocenters. The molecule has 1 aromatic heterocycles. The second kappa shape index (κ2) is 4.97. The maximum Gasteiger partial charge on any atom is 0.0858 e. The lowest BCUT2D eigenvalue weighted by Gasteiger charge is -2.20. The number of hydrogen-bond acceptors (Lipinski definition) is 2. The molecule has 0 fully saturated rings. The molecule has 0 saturated heterocycles. The van der Waals surface area contributed by atoms with Gasteiger partial charge in [-0.2, -0.15) is 0 Å². The molecule has 1 heterocycles. The number of hydrogen-bond donors (Lipinski definition) is 1. The van der Waals surface area contributed by atoms with E-state index >= 15 is 0 Å². The second-order valence-electron chi connectivity index (χ2n) is 5.74. The molecule has 0 spiro atoms. The van der Waals surface area contributed by atoms with Gasteiger partial charge in [-0.25, -0.2) is 0 Å². The molecule has 0 saturated carbocycles. The first-order valence-electron chi connectivity index (χ1n) is 7.43. The fraction of sp³-hybridized carbons (Fsp3) is 0.211. The second-order valence-corrected chi connectivity index (χ2v) is 5.74. The van der Waals surface area contributed by atoms with E-state index in [1.807, 2.05) is 24.3 Å². The van der Waals surface area contributed by atoms with Crippen molar-refractivity contribution in [2.45, 2.75) is 24.9 Å². The van der Waals surface area contributed by atoms with Crippen LogP contribution in [0.15, 0.2) is 60.8 Å². The summed E-state index contributed by atoms with van der Waals surface area (Å²) in [4.78, 5) is 4.33. The van der Waals surface area contributed by atoms with Crippen molar-refractivity contribution in [2.24, 2.45) is 0 Å². The molecule has 2 nitrogen and oxygen atoms in total. The van der Waals surface area contributed by atoms with Gasteiger partial charge in [-0.3, -0.25) is 4.98 Å². The average molecular weight is 275 g/mol. The minimum Gasteiger partial charge on any atom is -0.388 e. The van der Waals surface area contributed by atoms with Gasteiger partial charge in [0.05, 0.1) is 11.6 Å². The molecule has 1 aliphatic rings. The van der Waals surface area contributed by atoms with Crippen LogP contribution in [0.25, 0.3) is 10.9 Å². The van der Waals surface area contributed by atoms with Crippen molar-refractivity contribution < 1.29 is 5.11 Å². The van der Waals surface area contributed by atoms with Crippen LogP contribution in [-0.2, 0) is 6.42 Å². The van der Waals surface area contributed by atoms with Gasteiger partial charge in [-0.05, 0) is 47.7 Å². The summed E-state index contributed by atoms with van der Waals surface area (Å²) in [5.74, 6) is 0.204. The number of fused-ring (bicyclic) bond motifs is 2. The van der Waals surface area contributed by atoms with E-state index in [1.54, 1.807) is 6.20 Å². The Labute approximate surface area is 124 Å². The van der Waals surface area contributed by atoms with E-state index in [0.29, 0.717) is 0 Å². The number of rotatable bonds is 2. The lowest BCUT2D eigenvalue weighted by Crippen LogP contribution is -2.08. The Morgan fingerprint density at radius 3 is 2.90 bits per heavy atom. The molecular formula is C19H17NO. The molecule has 1 N–H and O–H groups in total. The smallest absolute Gasteiger partial charge is 0.0858 e. The van der Waals surface area contributed by atoms with E-state index in [9.17, 15) is 5.11 Å². The van der Waals surface area contributed by atoms with E-state index in [2.05, 4.69) is 35.3 Å². The highest BCUT2D eigenvalue weighted by Crippen LogP contribution is 2.41. The number of benzene rings is 2. The Hall–Kier alpha value is -2.19. The van der Waals surface area contributed by atoms with Gasteiger partial charge < -0.3 is 5.11 Å². The van der Waals surface area contributed by atoms with Crippen molar-refractivity contribution >= 4 is 10.9 Å². The third-order valence-corrected chi connectivity index (χ3v) is 4.53. The fourth-order valence-corrected chi connectivity index (χ4v) is 3.43. The largest absolute Gasteiger partial charge is 0.388 e.